The number of carbonyl (C=O) groups excluding carboxylic acids is 2. The lowest BCUT2D eigenvalue weighted by Crippen LogP contribution is -2.49. The van der Waals surface area contributed by atoms with Crippen LogP contribution in [0, 0.1) is 0 Å². The molecule has 22 heavy (non-hydrogen) atoms. The third-order valence-electron chi connectivity index (χ3n) is 4.01. The van der Waals surface area contributed by atoms with E-state index in [9.17, 15) is 9.59 Å². The van der Waals surface area contributed by atoms with Crippen LogP contribution >= 0.6 is 11.3 Å². The Balaban J connectivity index is 1.57. The van der Waals surface area contributed by atoms with Crippen molar-refractivity contribution in [2.45, 2.75) is 26.2 Å². The van der Waals surface area contributed by atoms with E-state index in [1.54, 1.807) is 11.3 Å². The summed E-state index contributed by atoms with van der Waals surface area (Å²) in [6.07, 6.45) is 1.66. The molecule has 0 radical (unpaired) electrons. The van der Waals surface area contributed by atoms with Gasteiger partial charge in [-0.1, -0.05) is 13.0 Å². The monoisotopic (exact) mass is 323 g/mol. The van der Waals surface area contributed by atoms with E-state index < -0.39 is 0 Å². The molecule has 2 amide bonds. The van der Waals surface area contributed by atoms with E-state index in [1.165, 1.54) is 4.88 Å². The Morgan fingerprint density at radius 3 is 2.64 bits per heavy atom. The van der Waals surface area contributed by atoms with Crippen LogP contribution in [-0.4, -0.2) is 60.9 Å². The highest BCUT2D eigenvalue weighted by Crippen LogP contribution is 2.10. The predicted octanol–water partition coefficient (Wildman–Crippen LogP) is 1.35. The van der Waals surface area contributed by atoms with Gasteiger partial charge >= 0.3 is 0 Å². The zero-order chi connectivity index (χ0) is 15.8. The van der Waals surface area contributed by atoms with Crippen LogP contribution in [0.3, 0.4) is 0 Å². The summed E-state index contributed by atoms with van der Waals surface area (Å²) < 4.78 is 0. The fourth-order valence-corrected chi connectivity index (χ4v) is 3.27. The summed E-state index contributed by atoms with van der Waals surface area (Å²) in [6.45, 7) is 7.14. The molecule has 5 nitrogen and oxygen atoms in total. The van der Waals surface area contributed by atoms with Crippen LogP contribution in [0.1, 0.15) is 24.6 Å². The van der Waals surface area contributed by atoms with Gasteiger partial charge in [-0.05, 0) is 24.4 Å². The lowest BCUT2D eigenvalue weighted by molar-refractivity contribution is -0.132. The Bertz CT molecular complexity index is 468. The average molecular weight is 323 g/mol. The zero-order valence-corrected chi connectivity index (χ0v) is 14.0. The molecule has 0 atom stereocenters. The molecule has 1 aromatic heterocycles. The molecule has 0 unspecified atom stereocenters. The SMILES string of the molecule is CCN1CCN(C(=O)CCNC(=O)CCc2cccs2)CC1. The number of hydrogen-bond acceptors (Lipinski definition) is 4. The summed E-state index contributed by atoms with van der Waals surface area (Å²) in [5.74, 6) is 0.173. The normalized spacial score (nSPS) is 15.8. The summed E-state index contributed by atoms with van der Waals surface area (Å²) in [7, 11) is 0. The van der Waals surface area contributed by atoms with Gasteiger partial charge in [0.1, 0.15) is 0 Å². The van der Waals surface area contributed by atoms with Crippen LogP contribution in [0.25, 0.3) is 0 Å². The molecule has 6 heteroatoms. The first-order valence-electron chi connectivity index (χ1n) is 7.98. The fourth-order valence-electron chi connectivity index (χ4n) is 2.56. The van der Waals surface area contributed by atoms with Crippen molar-refractivity contribution < 1.29 is 9.59 Å². The number of amides is 2. The maximum absolute atomic E-state index is 12.1. The number of likely N-dealkylation sites (N-methyl/N-ethyl adjacent to an activating group) is 1. The van der Waals surface area contributed by atoms with Gasteiger partial charge in [0.05, 0.1) is 0 Å². The van der Waals surface area contributed by atoms with Gasteiger partial charge in [0, 0.05) is 50.4 Å². The summed E-state index contributed by atoms with van der Waals surface area (Å²) in [6, 6.07) is 4.03. The molecule has 1 aliphatic heterocycles. The number of piperazine rings is 1. The second kappa shape index (κ2) is 8.90. The van der Waals surface area contributed by atoms with Crippen molar-refractivity contribution in [1.29, 1.82) is 0 Å². The molecule has 1 N–H and O–H groups in total. The van der Waals surface area contributed by atoms with Crippen molar-refractivity contribution in [3.05, 3.63) is 22.4 Å². The summed E-state index contributed by atoms with van der Waals surface area (Å²) in [4.78, 5) is 29.3. The van der Waals surface area contributed by atoms with Crippen molar-refractivity contribution in [2.75, 3.05) is 39.3 Å². The molecular formula is C16H25N3O2S. The number of nitrogens with one attached hydrogen (secondary N) is 1. The number of carbonyl (C=O) groups is 2. The minimum absolute atomic E-state index is 0.0250. The first kappa shape index (κ1) is 17.0. The molecule has 1 aromatic rings. The minimum atomic E-state index is 0.0250. The number of nitrogens with zero attached hydrogens (tertiary/aromatic N) is 2. The van der Waals surface area contributed by atoms with Gasteiger partial charge in [-0.3, -0.25) is 9.59 Å². The van der Waals surface area contributed by atoms with Crippen molar-refractivity contribution >= 4 is 23.2 Å². The highest BCUT2D eigenvalue weighted by molar-refractivity contribution is 7.09. The lowest BCUT2D eigenvalue weighted by atomic mass is 10.2. The zero-order valence-electron chi connectivity index (χ0n) is 13.2. The molecule has 0 spiro atoms. The van der Waals surface area contributed by atoms with Crippen molar-refractivity contribution in [3.63, 3.8) is 0 Å². The minimum Gasteiger partial charge on any atom is -0.356 e. The molecule has 122 valence electrons. The molecule has 1 fully saturated rings. The molecule has 2 rings (SSSR count). The summed E-state index contributed by atoms with van der Waals surface area (Å²) in [5.41, 5.74) is 0. The van der Waals surface area contributed by atoms with Gasteiger partial charge in [-0.25, -0.2) is 0 Å². The first-order chi connectivity index (χ1) is 10.7. The average Bonchev–Trinajstić information content (AvgIpc) is 3.06. The standard InChI is InChI=1S/C16H25N3O2S/c1-2-18-9-11-19(12-10-18)16(21)7-8-17-15(20)6-5-14-4-3-13-22-14/h3-4,13H,2,5-12H2,1H3,(H,17,20). The van der Waals surface area contributed by atoms with Crippen molar-refractivity contribution in [1.82, 2.24) is 15.1 Å². The largest absolute Gasteiger partial charge is 0.356 e. The molecule has 2 heterocycles. The Labute approximate surface area is 136 Å². The van der Waals surface area contributed by atoms with Crippen LogP contribution in [0.15, 0.2) is 17.5 Å². The summed E-state index contributed by atoms with van der Waals surface area (Å²) >= 11 is 1.67. The Morgan fingerprint density at radius 1 is 1.23 bits per heavy atom. The highest BCUT2D eigenvalue weighted by atomic mass is 32.1. The quantitative estimate of drug-likeness (QED) is 0.824. The lowest BCUT2D eigenvalue weighted by Gasteiger charge is -2.34. The van der Waals surface area contributed by atoms with E-state index in [2.05, 4.69) is 17.1 Å². The van der Waals surface area contributed by atoms with Crippen molar-refractivity contribution in [2.24, 2.45) is 0 Å². The number of aryl methyl sites for hydroxylation is 1. The maximum Gasteiger partial charge on any atom is 0.224 e. The molecule has 1 saturated heterocycles. The van der Waals surface area contributed by atoms with E-state index in [-0.39, 0.29) is 11.8 Å². The predicted molar refractivity (Wildman–Crippen MR) is 89.0 cm³/mol. The van der Waals surface area contributed by atoms with Crippen LogP contribution < -0.4 is 5.32 Å². The van der Waals surface area contributed by atoms with E-state index in [1.807, 2.05) is 22.4 Å². The first-order valence-corrected chi connectivity index (χ1v) is 8.86. The van der Waals surface area contributed by atoms with Gasteiger partial charge in [0.15, 0.2) is 0 Å². The third-order valence-corrected chi connectivity index (χ3v) is 4.95. The molecule has 1 aliphatic rings. The van der Waals surface area contributed by atoms with Gasteiger partial charge in [0.2, 0.25) is 11.8 Å². The van der Waals surface area contributed by atoms with E-state index in [4.69, 9.17) is 0 Å². The molecule has 0 aromatic carbocycles. The Morgan fingerprint density at radius 2 is 2.00 bits per heavy atom. The third kappa shape index (κ3) is 5.42. The van der Waals surface area contributed by atoms with E-state index in [0.29, 0.717) is 19.4 Å². The maximum atomic E-state index is 12.1. The van der Waals surface area contributed by atoms with Crippen LogP contribution in [0.2, 0.25) is 0 Å². The molecule has 0 saturated carbocycles. The number of rotatable bonds is 7. The fraction of sp³-hybridized carbons (Fsp3) is 0.625. The topological polar surface area (TPSA) is 52.6 Å². The Kier molecular flexibility index (Phi) is 6.86. The molecule has 0 bridgehead atoms. The van der Waals surface area contributed by atoms with Crippen LogP contribution in [0.4, 0.5) is 0 Å². The van der Waals surface area contributed by atoms with Crippen LogP contribution in [0.5, 0.6) is 0 Å². The van der Waals surface area contributed by atoms with E-state index >= 15 is 0 Å². The van der Waals surface area contributed by atoms with Gasteiger partial charge in [0.25, 0.3) is 0 Å². The van der Waals surface area contributed by atoms with Gasteiger partial charge < -0.3 is 15.1 Å². The van der Waals surface area contributed by atoms with Crippen LogP contribution in [-0.2, 0) is 16.0 Å². The molecular weight excluding hydrogens is 298 g/mol. The second-order valence-corrected chi connectivity index (χ2v) is 6.53. The van der Waals surface area contributed by atoms with Gasteiger partial charge in [-0.15, -0.1) is 11.3 Å². The Hall–Kier alpha value is -1.40. The smallest absolute Gasteiger partial charge is 0.224 e. The van der Waals surface area contributed by atoms with Crippen molar-refractivity contribution in [3.8, 4) is 0 Å². The van der Waals surface area contributed by atoms with Gasteiger partial charge in [-0.2, -0.15) is 0 Å². The number of thiophene rings is 1. The highest BCUT2D eigenvalue weighted by Gasteiger charge is 2.19. The van der Waals surface area contributed by atoms with E-state index in [0.717, 1.165) is 39.1 Å². The summed E-state index contributed by atoms with van der Waals surface area (Å²) in [5, 5.41) is 4.86. The number of hydrogen-bond donors (Lipinski definition) is 1. The molecule has 0 aliphatic carbocycles. The second-order valence-electron chi connectivity index (χ2n) is 5.49.